The average Bonchev–Trinajstić information content (AvgIpc) is 3.54. The zero-order valence-electron chi connectivity index (χ0n) is 24.9. The Morgan fingerprint density at radius 1 is 0.615 bits per heavy atom. The summed E-state index contributed by atoms with van der Waals surface area (Å²) in [7, 11) is 0. The number of allylic oxidation sites excluding steroid dienone is 2. The minimum atomic E-state index is -0.00115. The Balaban J connectivity index is 1.75. The molecule has 0 aromatic carbocycles. The molecule has 6 heteroatoms. The maximum atomic E-state index is 12.3. The Morgan fingerprint density at radius 2 is 1.00 bits per heavy atom. The summed E-state index contributed by atoms with van der Waals surface area (Å²) in [6, 6.07) is 0. The van der Waals surface area contributed by atoms with Crippen molar-refractivity contribution in [2.24, 2.45) is 0 Å². The molecule has 0 fully saturated rings. The van der Waals surface area contributed by atoms with Crippen molar-refractivity contribution in [3.8, 4) is 0 Å². The second kappa shape index (κ2) is 11.7. The molecule has 2 aromatic heterocycles. The van der Waals surface area contributed by atoms with Crippen LogP contribution < -0.4 is 10.6 Å². The van der Waals surface area contributed by atoms with Gasteiger partial charge in [0, 0.05) is 51.7 Å². The third kappa shape index (κ3) is 5.34. The first-order chi connectivity index (χ1) is 18.6. The highest BCUT2D eigenvalue weighted by Gasteiger charge is 2.25. The van der Waals surface area contributed by atoms with Crippen LogP contribution in [0.1, 0.15) is 112 Å². The first-order valence-electron chi connectivity index (χ1n) is 14.5. The molecule has 0 aliphatic carbocycles. The number of carbonyl (C=O) groups is 2. The van der Waals surface area contributed by atoms with Crippen LogP contribution in [0.3, 0.4) is 0 Å². The van der Waals surface area contributed by atoms with E-state index in [-0.39, 0.29) is 11.8 Å². The number of aromatic nitrogens is 2. The molecule has 0 saturated carbocycles. The quantitative estimate of drug-likeness (QED) is 0.272. The molecular formula is C33H44N4O2. The number of nitrogens with one attached hydrogen (secondary N) is 4. The van der Waals surface area contributed by atoms with Crippen LogP contribution in [0.4, 0.5) is 0 Å². The van der Waals surface area contributed by atoms with Crippen molar-refractivity contribution >= 4 is 24.0 Å². The summed E-state index contributed by atoms with van der Waals surface area (Å²) >= 11 is 0. The van der Waals surface area contributed by atoms with Gasteiger partial charge in [0.2, 0.25) is 0 Å². The monoisotopic (exact) mass is 528 g/mol. The van der Waals surface area contributed by atoms with Crippen molar-refractivity contribution in [1.82, 2.24) is 20.6 Å². The zero-order valence-corrected chi connectivity index (χ0v) is 24.9. The summed E-state index contributed by atoms with van der Waals surface area (Å²) in [5, 5.41) is 6.12. The molecule has 2 amide bonds. The fourth-order valence-corrected chi connectivity index (χ4v) is 6.09. The molecule has 0 bridgehead atoms. The van der Waals surface area contributed by atoms with E-state index in [1.165, 1.54) is 33.6 Å². The van der Waals surface area contributed by atoms with Gasteiger partial charge in [-0.2, -0.15) is 0 Å². The smallest absolute Gasteiger partial charge is 0.251 e. The van der Waals surface area contributed by atoms with Crippen LogP contribution in [-0.4, -0.2) is 21.8 Å². The highest BCUT2D eigenvalue weighted by Crippen LogP contribution is 2.32. The molecule has 39 heavy (non-hydrogen) atoms. The Kier molecular flexibility index (Phi) is 8.53. The largest absolute Gasteiger partial charge is 0.358 e. The van der Waals surface area contributed by atoms with E-state index in [9.17, 15) is 9.59 Å². The molecule has 0 saturated heterocycles. The van der Waals surface area contributed by atoms with Gasteiger partial charge in [-0.3, -0.25) is 9.59 Å². The first kappa shape index (κ1) is 28.5. The summed E-state index contributed by atoms with van der Waals surface area (Å²) in [4.78, 5) is 32.1. The third-order valence-electron chi connectivity index (χ3n) is 8.38. The number of amides is 2. The lowest BCUT2D eigenvalue weighted by atomic mass is 9.98. The molecule has 6 nitrogen and oxygen atoms in total. The number of hydrogen-bond acceptors (Lipinski definition) is 2. The van der Waals surface area contributed by atoms with Crippen molar-refractivity contribution in [1.29, 1.82) is 0 Å². The van der Waals surface area contributed by atoms with Crippen molar-refractivity contribution in [2.75, 3.05) is 0 Å². The summed E-state index contributed by atoms with van der Waals surface area (Å²) in [5.41, 5.74) is 15.4. The highest BCUT2D eigenvalue weighted by molar-refractivity contribution is 6.01. The van der Waals surface area contributed by atoms with Gasteiger partial charge in [0.15, 0.2) is 0 Å². The van der Waals surface area contributed by atoms with E-state index in [1.54, 1.807) is 0 Å². The Labute approximate surface area is 233 Å². The van der Waals surface area contributed by atoms with E-state index < -0.39 is 0 Å². The molecule has 4 N–H and O–H groups in total. The average molecular weight is 529 g/mol. The van der Waals surface area contributed by atoms with Gasteiger partial charge in [-0.05, 0) is 98.9 Å². The second-order valence-corrected chi connectivity index (χ2v) is 10.9. The number of aromatic amines is 2. The van der Waals surface area contributed by atoms with E-state index in [1.807, 2.05) is 13.8 Å². The fraction of sp³-hybridized carbons (Fsp3) is 0.455. The maximum Gasteiger partial charge on any atom is 0.251 e. The molecule has 0 unspecified atom stereocenters. The van der Waals surface area contributed by atoms with Gasteiger partial charge in [-0.1, -0.05) is 40.5 Å². The van der Waals surface area contributed by atoms with Crippen molar-refractivity contribution in [3.05, 3.63) is 78.7 Å². The first-order valence-corrected chi connectivity index (χ1v) is 14.5. The van der Waals surface area contributed by atoms with Crippen molar-refractivity contribution in [2.45, 2.75) is 100 Å². The number of rotatable bonds is 10. The lowest BCUT2D eigenvalue weighted by Gasteiger charge is -2.07. The minimum absolute atomic E-state index is 0.00115. The van der Waals surface area contributed by atoms with Crippen LogP contribution in [0.15, 0.2) is 33.7 Å². The zero-order chi connectivity index (χ0) is 28.4. The Morgan fingerprint density at radius 3 is 1.33 bits per heavy atom. The van der Waals surface area contributed by atoms with Gasteiger partial charge in [0.25, 0.3) is 11.8 Å². The molecule has 0 radical (unpaired) electrons. The van der Waals surface area contributed by atoms with Gasteiger partial charge in [-0.15, -0.1) is 0 Å². The van der Waals surface area contributed by atoms with E-state index in [0.29, 0.717) is 0 Å². The standard InChI is InChI=1S/C33H44N4O2/c1-9-13-24-18(5)26(15-28-22(11-3)20(7)32(38)36-28)34-30(24)17-31-25(14-10-2)19(6)27(35-31)16-29-23(12-4)21(8)33(39)37-29/h15-16,34-35H,9-14,17H2,1-8H3,(H,36,38)(H,37,39)/b28-15+,29-16+. The number of carbonyl (C=O) groups excluding carboxylic acids is 2. The van der Waals surface area contributed by atoms with Crippen molar-refractivity contribution < 1.29 is 9.59 Å². The lowest BCUT2D eigenvalue weighted by molar-refractivity contribution is -0.117. The van der Waals surface area contributed by atoms with Crippen LogP contribution >= 0.6 is 0 Å². The van der Waals surface area contributed by atoms with Crippen LogP contribution in [0.25, 0.3) is 12.2 Å². The van der Waals surface area contributed by atoms with Crippen LogP contribution in [0, 0.1) is 13.8 Å². The normalized spacial score (nSPS) is 17.8. The van der Waals surface area contributed by atoms with E-state index in [4.69, 9.17) is 0 Å². The molecule has 4 rings (SSSR count). The predicted molar refractivity (Wildman–Crippen MR) is 160 cm³/mol. The molecule has 0 spiro atoms. The van der Waals surface area contributed by atoms with Crippen LogP contribution in [0.5, 0.6) is 0 Å². The van der Waals surface area contributed by atoms with Crippen LogP contribution in [0.2, 0.25) is 0 Å². The molecule has 2 aliphatic rings. The summed E-state index contributed by atoms with van der Waals surface area (Å²) in [6.45, 7) is 16.8. The Hall–Kier alpha value is -3.54. The van der Waals surface area contributed by atoms with Gasteiger partial charge in [0.1, 0.15) is 0 Å². The predicted octanol–water partition coefficient (Wildman–Crippen LogP) is 6.85. The van der Waals surface area contributed by atoms with Gasteiger partial charge < -0.3 is 20.6 Å². The molecule has 2 aromatic rings. The highest BCUT2D eigenvalue weighted by atomic mass is 16.2. The molecular weight excluding hydrogens is 484 g/mol. The number of hydrogen-bond donors (Lipinski definition) is 4. The van der Waals surface area contributed by atoms with E-state index in [0.717, 1.165) is 90.0 Å². The topological polar surface area (TPSA) is 89.8 Å². The Bertz CT molecular complexity index is 1330. The van der Waals surface area contributed by atoms with E-state index in [2.05, 4.69) is 74.3 Å². The number of H-pyrrole nitrogens is 2. The third-order valence-corrected chi connectivity index (χ3v) is 8.38. The maximum absolute atomic E-state index is 12.3. The summed E-state index contributed by atoms with van der Waals surface area (Å²) < 4.78 is 0. The molecule has 0 atom stereocenters. The van der Waals surface area contributed by atoms with Gasteiger partial charge >= 0.3 is 0 Å². The van der Waals surface area contributed by atoms with Gasteiger partial charge in [-0.25, -0.2) is 0 Å². The van der Waals surface area contributed by atoms with Crippen molar-refractivity contribution in [3.63, 3.8) is 0 Å². The minimum Gasteiger partial charge on any atom is -0.358 e. The second-order valence-electron chi connectivity index (χ2n) is 10.9. The lowest BCUT2D eigenvalue weighted by Crippen LogP contribution is -2.15. The summed E-state index contributed by atoms with van der Waals surface area (Å²) in [6.07, 6.45) is 10.8. The van der Waals surface area contributed by atoms with Crippen LogP contribution in [-0.2, 0) is 28.9 Å². The molecule has 4 heterocycles. The molecule has 2 aliphatic heterocycles. The molecule has 208 valence electrons. The SMILES string of the molecule is CCCc1c(Cc2[nH]c(/C=C3/NC(=O)C(C)=C3CC)c(C)c2CCC)[nH]c(/C=C2/NC(=O)C(C)=C2CC)c1C. The fourth-order valence-electron chi connectivity index (χ4n) is 6.09. The van der Waals surface area contributed by atoms with E-state index >= 15 is 0 Å². The van der Waals surface area contributed by atoms with Gasteiger partial charge in [0.05, 0.1) is 0 Å². The summed E-state index contributed by atoms with van der Waals surface area (Å²) in [5.74, 6) is -0.00231.